The van der Waals surface area contributed by atoms with E-state index in [4.69, 9.17) is 22.7 Å². The van der Waals surface area contributed by atoms with Gasteiger partial charge in [0.15, 0.2) is 0 Å². The SMILES string of the molecule is CCC1CCC(Oc2c(C)cc(C(N)=S)cc2C)CC1. The Morgan fingerprint density at radius 1 is 1.20 bits per heavy atom. The van der Waals surface area contributed by atoms with Crippen LogP contribution in [0.4, 0.5) is 0 Å². The summed E-state index contributed by atoms with van der Waals surface area (Å²) >= 11 is 5.05. The largest absolute Gasteiger partial charge is 0.490 e. The molecule has 0 atom stereocenters. The zero-order chi connectivity index (χ0) is 14.7. The van der Waals surface area contributed by atoms with Gasteiger partial charge in [0.1, 0.15) is 10.7 Å². The summed E-state index contributed by atoms with van der Waals surface area (Å²) in [7, 11) is 0. The first kappa shape index (κ1) is 15.3. The van der Waals surface area contributed by atoms with Crippen LogP contribution >= 0.6 is 12.2 Å². The Hall–Kier alpha value is -1.09. The van der Waals surface area contributed by atoms with Crippen LogP contribution in [0.15, 0.2) is 12.1 Å². The van der Waals surface area contributed by atoms with E-state index in [1.807, 2.05) is 12.1 Å². The van der Waals surface area contributed by atoms with Gasteiger partial charge in [0.05, 0.1) is 6.10 Å². The van der Waals surface area contributed by atoms with Gasteiger partial charge in [-0.2, -0.15) is 0 Å². The lowest BCUT2D eigenvalue weighted by Gasteiger charge is -2.29. The minimum atomic E-state index is 0.367. The quantitative estimate of drug-likeness (QED) is 0.841. The van der Waals surface area contributed by atoms with E-state index < -0.39 is 0 Å². The summed E-state index contributed by atoms with van der Waals surface area (Å²) in [6.07, 6.45) is 6.61. The van der Waals surface area contributed by atoms with E-state index in [0.29, 0.717) is 11.1 Å². The first-order chi connectivity index (χ1) is 9.51. The lowest BCUT2D eigenvalue weighted by atomic mass is 9.86. The molecule has 0 heterocycles. The molecule has 0 radical (unpaired) electrons. The molecule has 110 valence electrons. The van der Waals surface area contributed by atoms with Gasteiger partial charge < -0.3 is 10.5 Å². The van der Waals surface area contributed by atoms with Crippen molar-refractivity contribution in [3.05, 3.63) is 28.8 Å². The lowest BCUT2D eigenvalue weighted by Crippen LogP contribution is -2.24. The minimum Gasteiger partial charge on any atom is -0.490 e. The third-order valence-electron chi connectivity index (χ3n) is 4.40. The summed E-state index contributed by atoms with van der Waals surface area (Å²) in [5, 5.41) is 0. The molecule has 1 aromatic carbocycles. The van der Waals surface area contributed by atoms with Gasteiger partial charge in [-0.25, -0.2) is 0 Å². The number of rotatable bonds is 4. The highest BCUT2D eigenvalue weighted by molar-refractivity contribution is 7.80. The summed E-state index contributed by atoms with van der Waals surface area (Å²) in [4.78, 5) is 0.450. The zero-order valence-electron chi connectivity index (χ0n) is 12.7. The number of ether oxygens (including phenoxy) is 1. The van der Waals surface area contributed by atoms with E-state index in [2.05, 4.69) is 20.8 Å². The van der Waals surface area contributed by atoms with Gasteiger partial charge in [-0.1, -0.05) is 25.6 Å². The molecule has 0 spiro atoms. The van der Waals surface area contributed by atoms with E-state index in [1.54, 1.807) is 0 Å². The highest BCUT2D eigenvalue weighted by atomic mass is 32.1. The summed E-state index contributed by atoms with van der Waals surface area (Å²) in [6, 6.07) is 4.06. The van der Waals surface area contributed by atoms with E-state index in [0.717, 1.165) is 28.4 Å². The van der Waals surface area contributed by atoms with Gasteiger partial charge in [0.2, 0.25) is 0 Å². The monoisotopic (exact) mass is 291 g/mol. The second kappa shape index (κ2) is 6.57. The molecule has 20 heavy (non-hydrogen) atoms. The van der Waals surface area contributed by atoms with Crippen LogP contribution in [0, 0.1) is 19.8 Å². The van der Waals surface area contributed by atoms with Crippen LogP contribution in [0.25, 0.3) is 0 Å². The number of hydrogen-bond donors (Lipinski definition) is 1. The molecule has 0 saturated heterocycles. The van der Waals surface area contributed by atoms with Crippen molar-refractivity contribution in [3.63, 3.8) is 0 Å². The van der Waals surface area contributed by atoms with Crippen molar-refractivity contribution in [3.8, 4) is 5.75 Å². The molecular weight excluding hydrogens is 266 g/mol. The third-order valence-corrected chi connectivity index (χ3v) is 4.64. The van der Waals surface area contributed by atoms with Crippen molar-refractivity contribution in [2.45, 2.75) is 59.0 Å². The molecule has 0 unspecified atom stereocenters. The van der Waals surface area contributed by atoms with E-state index in [-0.39, 0.29) is 0 Å². The molecular formula is C17H25NOS. The summed E-state index contributed by atoms with van der Waals surface area (Å²) < 4.78 is 6.26. The molecule has 1 fully saturated rings. The Balaban J connectivity index is 2.08. The number of aryl methyl sites for hydroxylation is 2. The van der Waals surface area contributed by atoms with Crippen LogP contribution in [0.2, 0.25) is 0 Å². The Morgan fingerprint density at radius 2 is 1.75 bits per heavy atom. The Bertz CT molecular complexity index is 467. The zero-order valence-corrected chi connectivity index (χ0v) is 13.6. The van der Waals surface area contributed by atoms with Crippen LogP contribution in [-0.2, 0) is 0 Å². The molecule has 1 aliphatic carbocycles. The van der Waals surface area contributed by atoms with Crippen molar-refractivity contribution in [2.24, 2.45) is 11.7 Å². The fraction of sp³-hybridized carbons (Fsp3) is 0.588. The lowest BCUT2D eigenvalue weighted by molar-refractivity contribution is 0.128. The molecule has 3 heteroatoms. The topological polar surface area (TPSA) is 35.2 Å². The maximum absolute atomic E-state index is 6.26. The first-order valence-electron chi connectivity index (χ1n) is 7.59. The fourth-order valence-corrected chi connectivity index (χ4v) is 3.22. The fourth-order valence-electron chi connectivity index (χ4n) is 3.10. The van der Waals surface area contributed by atoms with Gasteiger partial charge in [-0.05, 0) is 68.7 Å². The van der Waals surface area contributed by atoms with Crippen LogP contribution in [0.3, 0.4) is 0 Å². The molecule has 2 N–H and O–H groups in total. The second-order valence-electron chi connectivity index (χ2n) is 5.97. The van der Waals surface area contributed by atoms with Gasteiger partial charge in [0.25, 0.3) is 0 Å². The van der Waals surface area contributed by atoms with Crippen LogP contribution in [-0.4, -0.2) is 11.1 Å². The van der Waals surface area contributed by atoms with Crippen LogP contribution in [0.5, 0.6) is 5.75 Å². The van der Waals surface area contributed by atoms with E-state index >= 15 is 0 Å². The highest BCUT2D eigenvalue weighted by Crippen LogP contribution is 2.32. The molecule has 0 aromatic heterocycles. The number of hydrogen-bond acceptors (Lipinski definition) is 2. The summed E-state index contributed by atoms with van der Waals surface area (Å²) in [5.41, 5.74) is 8.89. The van der Waals surface area contributed by atoms with Crippen molar-refractivity contribution in [1.82, 2.24) is 0 Å². The van der Waals surface area contributed by atoms with Gasteiger partial charge in [-0.3, -0.25) is 0 Å². The Morgan fingerprint density at radius 3 is 2.20 bits per heavy atom. The maximum Gasteiger partial charge on any atom is 0.125 e. The normalized spacial score (nSPS) is 22.6. The average Bonchev–Trinajstić information content (AvgIpc) is 2.43. The maximum atomic E-state index is 6.26. The van der Waals surface area contributed by atoms with E-state index in [9.17, 15) is 0 Å². The number of nitrogens with two attached hydrogens (primary N) is 1. The van der Waals surface area contributed by atoms with E-state index in [1.165, 1.54) is 32.1 Å². The van der Waals surface area contributed by atoms with Crippen LogP contribution in [0.1, 0.15) is 55.7 Å². The minimum absolute atomic E-state index is 0.367. The predicted octanol–water partition coefficient (Wildman–Crippen LogP) is 4.29. The Kier molecular flexibility index (Phi) is 5.03. The smallest absolute Gasteiger partial charge is 0.125 e. The average molecular weight is 291 g/mol. The molecule has 0 amide bonds. The van der Waals surface area contributed by atoms with Crippen molar-refractivity contribution < 1.29 is 4.74 Å². The molecule has 2 nitrogen and oxygen atoms in total. The standard InChI is InChI=1S/C17H25NOS/c1-4-13-5-7-15(8-6-13)19-16-11(2)9-14(17(18)20)10-12(16)3/h9-10,13,15H,4-8H2,1-3H3,(H2,18,20). The Labute approximate surface area is 127 Å². The molecule has 0 bridgehead atoms. The molecule has 1 aliphatic rings. The summed E-state index contributed by atoms with van der Waals surface area (Å²) in [5.74, 6) is 1.92. The number of benzene rings is 1. The molecule has 0 aliphatic heterocycles. The third kappa shape index (κ3) is 3.51. The predicted molar refractivity (Wildman–Crippen MR) is 88.5 cm³/mol. The second-order valence-corrected chi connectivity index (χ2v) is 6.41. The first-order valence-corrected chi connectivity index (χ1v) is 7.99. The molecule has 1 saturated carbocycles. The van der Waals surface area contributed by atoms with Gasteiger partial charge in [0, 0.05) is 5.56 Å². The summed E-state index contributed by atoms with van der Waals surface area (Å²) in [6.45, 7) is 6.43. The highest BCUT2D eigenvalue weighted by Gasteiger charge is 2.22. The van der Waals surface area contributed by atoms with Crippen LogP contribution < -0.4 is 10.5 Å². The van der Waals surface area contributed by atoms with Crippen molar-refractivity contribution in [2.75, 3.05) is 0 Å². The molecule has 2 rings (SSSR count). The van der Waals surface area contributed by atoms with Crippen molar-refractivity contribution >= 4 is 17.2 Å². The van der Waals surface area contributed by atoms with Gasteiger partial charge in [-0.15, -0.1) is 0 Å². The number of thiocarbonyl (C=S) groups is 1. The molecule has 1 aromatic rings. The van der Waals surface area contributed by atoms with Crippen molar-refractivity contribution in [1.29, 1.82) is 0 Å². The van der Waals surface area contributed by atoms with Gasteiger partial charge >= 0.3 is 0 Å².